The molecule has 2 heterocycles. The first-order valence-electron chi connectivity index (χ1n) is 9.13. The van der Waals surface area contributed by atoms with Crippen LogP contribution in [0.3, 0.4) is 0 Å². The Bertz CT molecular complexity index is 930. The fourth-order valence-corrected chi connectivity index (χ4v) is 4.21. The van der Waals surface area contributed by atoms with E-state index in [0.717, 1.165) is 6.42 Å². The van der Waals surface area contributed by atoms with Crippen LogP contribution >= 0.6 is 0 Å². The highest BCUT2D eigenvalue weighted by Crippen LogP contribution is 2.43. The Balaban J connectivity index is 1.92. The predicted octanol–water partition coefficient (Wildman–Crippen LogP) is 4.16. The summed E-state index contributed by atoms with van der Waals surface area (Å²) in [5.41, 5.74) is 4.85. The van der Waals surface area contributed by atoms with E-state index < -0.39 is 0 Å². The number of carbonyl (C=O) groups is 1. The Kier molecular flexibility index (Phi) is 4.51. The first-order valence-corrected chi connectivity index (χ1v) is 9.13. The summed E-state index contributed by atoms with van der Waals surface area (Å²) in [5, 5.41) is 1.23. The number of ether oxygens (including phenoxy) is 1. The van der Waals surface area contributed by atoms with Crippen LogP contribution in [0, 0.1) is 0 Å². The SMILES string of the molecule is COCCN1C(=O)CC[C@@H]1c1c(-c2ccccc2)n(C)c2ccccc12. The van der Waals surface area contributed by atoms with Crippen molar-refractivity contribution in [1.82, 2.24) is 9.47 Å². The zero-order valence-corrected chi connectivity index (χ0v) is 15.3. The number of aryl methyl sites for hydroxylation is 1. The van der Waals surface area contributed by atoms with Gasteiger partial charge in [-0.05, 0) is 18.1 Å². The van der Waals surface area contributed by atoms with Gasteiger partial charge in [0.2, 0.25) is 5.91 Å². The van der Waals surface area contributed by atoms with Crippen molar-refractivity contribution in [2.24, 2.45) is 7.05 Å². The van der Waals surface area contributed by atoms with Gasteiger partial charge in [-0.25, -0.2) is 0 Å². The maximum atomic E-state index is 12.5. The second-order valence-electron chi connectivity index (χ2n) is 6.84. The van der Waals surface area contributed by atoms with Crippen LogP contribution in [-0.4, -0.2) is 35.6 Å². The summed E-state index contributed by atoms with van der Waals surface area (Å²) in [6.45, 7) is 1.20. The van der Waals surface area contributed by atoms with Crippen LogP contribution in [0.5, 0.6) is 0 Å². The van der Waals surface area contributed by atoms with Crippen LogP contribution in [0.2, 0.25) is 0 Å². The molecule has 1 atom stereocenters. The van der Waals surface area contributed by atoms with Gasteiger partial charge in [0, 0.05) is 43.6 Å². The Morgan fingerprint density at radius 3 is 2.58 bits per heavy atom. The number of rotatable bonds is 5. The third-order valence-electron chi connectivity index (χ3n) is 5.39. The molecule has 3 aromatic rings. The normalized spacial score (nSPS) is 17.4. The molecule has 1 fully saturated rings. The molecule has 0 N–H and O–H groups in total. The number of nitrogens with zero attached hydrogens (tertiary/aromatic N) is 2. The van der Waals surface area contributed by atoms with Gasteiger partial charge >= 0.3 is 0 Å². The number of carbonyl (C=O) groups excluding carboxylic acids is 1. The lowest BCUT2D eigenvalue weighted by Gasteiger charge is -2.26. The molecule has 1 saturated heterocycles. The van der Waals surface area contributed by atoms with Crippen LogP contribution in [-0.2, 0) is 16.6 Å². The molecule has 4 heteroatoms. The van der Waals surface area contributed by atoms with Crippen molar-refractivity contribution in [2.45, 2.75) is 18.9 Å². The van der Waals surface area contributed by atoms with Crippen LogP contribution in [0.4, 0.5) is 0 Å². The van der Waals surface area contributed by atoms with Crippen LogP contribution in [0.1, 0.15) is 24.4 Å². The predicted molar refractivity (Wildman–Crippen MR) is 104 cm³/mol. The molecular formula is C22H24N2O2. The lowest BCUT2D eigenvalue weighted by atomic mass is 9.97. The third kappa shape index (κ3) is 2.71. The summed E-state index contributed by atoms with van der Waals surface area (Å²) in [7, 11) is 3.80. The van der Waals surface area contributed by atoms with E-state index >= 15 is 0 Å². The van der Waals surface area contributed by atoms with Gasteiger partial charge < -0.3 is 14.2 Å². The molecule has 0 saturated carbocycles. The second kappa shape index (κ2) is 6.96. The fourth-order valence-electron chi connectivity index (χ4n) is 4.21. The van der Waals surface area contributed by atoms with E-state index in [0.29, 0.717) is 19.6 Å². The number of amides is 1. The van der Waals surface area contributed by atoms with Gasteiger partial charge in [0.25, 0.3) is 0 Å². The van der Waals surface area contributed by atoms with Gasteiger partial charge in [0.05, 0.1) is 18.3 Å². The Morgan fingerprint density at radius 2 is 1.81 bits per heavy atom. The van der Waals surface area contributed by atoms with Gasteiger partial charge in [-0.1, -0.05) is 48.5 Å². The Labute approximate surface area is 154 Å². The summed E-state index contributed by atoms with van der Waals surface area (Å²) in [4.78, 5) is 14.5. The minimum absolute atomic E-state index is 0.0963. The molecule has 4 rings (SSSR count). The van der Waals surface area contributed by atoms with E-state index in [1.165, 1.54) is 27.7 Å². The number of fused-ring (bicyclic) bond motifs is 1. The summed E-state index contributed by atoms with van der Waals surface area (Å²) in [5.74, 6) is 0.221. The average molecular weight is 348 g/mol. The number of likely N-dealkylation sites (tertiary alicyclic amines) is 1. The molecule has 0 bridgehead atoms. The molecule has 0 aliphatic carbocycles. The van der Waals surface area contributed by atoms with Crippen molar-refractivity contribution in [3.63, 3.8) is 0 Å². The van der Waals surface area contributed by atoms with Crippen LogP contribution in [0.15, 0.2) is 54.6 Å². The van der Waals surface area contributed by atoms with Gasteiger partial charge in [-0.15, -0.1) is 0 Å². The average Bonchev–Trinajstić information content (AvgIpc) is 3.18. The van der Waals surface area contributed by atoms with Crippen molar-refractivity contribution >= 4 is 16.8 Å². The Hall–Kier alpha value is -2.59. The van der Waals surface area contributed by atoms with Gasteiger partial charge in [-0.3, -0.25) is 4.79 Å². The number of methoxy groups -OCH3 is 1. The molecule has 2 aromatic carbocycles. The van der Waals surface area contributed by atoms with Crippen LogP contribution < -0.4 is 0 Å². The maximum Gasteiger partial charge on any atom is 0.223 e. The van der Waals surface area contributed by atoms with E-state index in [-0.39, 0.29) is 11.9 Å². The third-order valence-corrected chi connectivity index (χ3v) is 5.39. The molecule has 0 radical (unpaired) electrons. The molecule has 1 aromatic heterocycles. The number of hydrogen-bond donors (Lipinski definition) is 0. The van der Waals surface area contributed by atoms with E-state index in [2.05, 4.69) is 60.1 Å². The molecule has 1 aliphatic heterocycles. The Morgan fingerprint density at radius 1 is 1.08 bits per heavy atom. The number of benzene rings is 2. The summed E-state index contributed by atoms with van der Waals surface area (Å²) in [6.07, 6.45) is 1.46. The smallest absolute Gasteiger partial charge is 0.223 e. The highest BCUT2D eigenvalue weighted by atomic mass is 16.5. The standard InChI is InChI=1S/C22H24N2O2/c1-23-18-11-7-6-10-17(18)21(22(23)16-8-4-3-5-9-16)19-12-13-20(25)24(19)14-15-26-2/h3-11,19H,12-15H2,1-2H3/t19-/m1/s1. The van der Waals surface area contributed by atoms with Crippen molar-refractivity contribution in [3.8, 4) is 11.3 Å². The minimum Gasteiger partial charge on any atom is -0.383 e. The topological polar surface area (TPSA) is 34.5 Å². The fraction of sp³-hybridized carbons (Fsp3) is 0.318. The van der Waals surface area contributed by atoms with Crippen molar-refractivity contribution in [1.29, 1.82) is 0 Å². The van der Waals surface area contributed by atoms with Crippen molar-refractivity contribution in [3.05, 3.63) is 60.2 Å². The molecular weight excluding hydrogens is 324 g/mol. The van der Waals surface area contributed by atoms with Crippen molar-refractivity contribution < 1.29 is 9.53 Å². The van der Waals surface area contributed by atoms with E-state index in [9.17, 15) is 4.79 Å². The molecule has 1 aliphatic rings. The van der Waals surface area contributed by atoms with Gasteiger partial charge in [0.15, 0.2) is 0 Å². The molecule has 0 unspecified atom stereocenters. The number of hydrogen-bond acceptors (Lipinski definition) is 2. The number of para-hydroxylation sites is 1. The molecule has 0 spiro atoms. The summed E-state index contributed by atoms with van der Waals surface area (Å²) >= 11 is 0. The zero-order chi connectivity index (χ0) is 18.1. The van der Waals surface area contributed by atoms with Gasteiger partial charge in [-0.2, -0.15) is 0 Å². The van der Waals surface area contributed by atoms with E-state index in [1.807, 2.05) is 11.0 Å². The minimum atomic E-state index is 0.0963. The largest absolute Gasteiger partial charge is 0.383 e. The van der Waals surface area contributed by atoms with E-state index in [4.69, 9.17) is 4.74 Å². The second-order valence-corrected chi connectivity index (χ2v) is 6.84. The summed E-state index contributed by atoms with van der Waals surface area (Å²) in [6, 6.07) is 19.0. The van der Waals surface area contributed by atoms with Gasteiger partial charge in [0.1, 0.15) is 0 Å². The molecule has 134 valence electrons. The zero-order valence-electron chi connectivity index (χ0n) is 15.3. The first-order chi connectivity index (χ1) is 12.7. The lowest BCUT2D eigenvalue weighted by molar-refractivity contribution is -0.129. The highest BCUT2D eigenvalue weighted by Gasteiger charge is 2.35. The summed E-state index contributed by atoms with van der Waals surface area (Å²) < 4.78 is 7.51. The number of aromatic nitrogens is 1. The first kappa shape index (κ1) is 16.9. The molecule has 1 amide bonds. The van der Waals surface area contributed by atoms with Crippen LogP contribution in [0.25, 0.3) is 22.2 Å². The molecule has 26 heavy (non-hydrogen) atoms. The maximum absolute atomic E-state index is 12.5. The van der Waals surface area contributed by atoms with Crippen molar-refractivity contribution in [2.75, 3.05) is 20.3 Å². The highest BCUT2D eigenvalue weighted by molar-refractivity contribution is 5.93. The lowest BCUT2D eigenvalue weighted by Crippen LogP contribution is -2.31. The quantitative estimate of drug-likeness (QED) is 0.694. The molecule has 4 nitrogen and oxygen atoms in total. The van der Waals surface area contributed by atoms with E-state index in [1.54, 1.807) is 7.11 Å². The monoisotopic (exact) mass is 348 g/mol.